The van der Waals surface area contributed by atoms with Crippen molar-refractivity contribution >= 4 is 33.4 Å². The van der Waals surface area contributed by atoms with Gasteiger partial charge >= 0.3 is 0 Å². The largest absolute Gasteiger partial charge is 0.361 e. The van der Waals surface area contributed by atoms with Crippen LogP contribution in [0.3, 0.4) is 0 Å². The molecule has 0 saturated carbocycles. The van der Waals surface area contributed by atoms with E-state index in [0.717, 1.165) is 27.5 Å². The van der Waals surface area contributed by atoms with E-state index in [-0.39, 0.29) is 5.91 Å². The number of nitrogens with one attached hydrogen (secondary N) is 2. The Labute approximate surface area is 127 Å². The molecule has 0 fully saturated rings. The number of H-pyrrole nitrogens is 1. The number of rotatable bonds is 3. The van der Waals surface area contributed by atoms with Gasteiger partial charge in [0.1, 0.15) is 6.54 Å². The highest BCUT2D eigenvalue weighted by molar-refractivity contribution is 5.94. The van der Waals surface area contributed by atoms with Crippen LogP contribution in [0, 0.1) is 0 Å². The lowest BCUT2D eigenvalue weighted by Gasteiger charge is -2.07. The molecule has 0 aliphatic heterocycles. The first-order valence-electron chi connectivity index (χ1n) is 7.20. The van der Waals surface area contributed by atoms with E-state index in [1.807, 2.05) is 71.6 Å². The molecule has 4 rings (SSSR count). The van der Waals surface area contributed by atoms with Crippen molar-refractivity contribution in [2.45, 2.75) is 6.54 Å². The van der Waals surface area contributed by atoms with E-state index < -0.39 is 0 Å². The molecule has 22 heavy (non-hydrogen) atoms. The van der Waals surface area contributed by atoms with E-state index in [0.29, 0.717) is 6.54 Å². The molecule has 108 valence electrons. The molecule has 4 heteroatoms. The van der Waals surface area contributed by atoms with Gasteiger partial charge < -0.3 is 14.9 Å². The first kappa shape index (κ1) is 12.7. The summed E-state index contributed by atoms with van der Waals surface area (Å²) in [5.74, 6) is -0.0349. The van der Waals surface area contributed by atoms with Gasteiger partial charge in [-0.2, -0.15) is 0 Å². The molecule has 4 aromatic rings. The molecule has 2 N–H and O–H groups in total. The van der Waals surface area contributed by atoms with Crippen LogP contribution >= 0.6 is 0 Å². The van der Waals surface area contributed by atoms with Gasteiger partial charge in [-0.3, -0.25) is 4.79 Å². The molecule has 0 radical (unpaired) electrons. The van der Waals surface area contributed by atoms with E-state index in [9.17, 15) is 4.79 Å². The number of fused-ring (bicyclic) bond motifs is 2. The normalized spacial score (nSPS) is 11.1. The average molecular weight is 289 g/mol. The monoisotopic (exact) mass is 289 g/mol. The summed E-state index contributed by atoms with van der Waals surface area (Å²) >= 11 is 0. The molecule has 0 spiro atoms. The third kappa shape index (κ3) is 2.24. The molecule has 1 amide bonds. The number of anilines is 1. The SMILES string of the molecule is O=C(Cn1ccc2ccccc21)Nc1ccc2cc[nH]c2c1. The van der Waals surface area contributed by atoms with Crippen LogP contribution in [-0.4, -0.2) is 15.5 Å². The van der Waals surface area contributed by atoms with Crippen LogP contribution in [0.25, 0.3) is 21.8 Å². The van der Waals surface area contributed by atoms with Gasteiger partial charge in [0.15, 0.2) is 0 Å². The Morgan fingerprint density at radius 1 is 1.05 bits per heavy atom. The number of amides is 1. The molecule has 0 atom stereocenters. The van der Waals surface area contributed by atoms with Gasteiger partial charge in [-0.1, -0.05) is 24.3 Å². The molecule has 4 nitrogen and oxygen atoms in total. The summed E-state index contributed by atoms with van der Waals surface area (Å²) in [5.41, 5.74) is 2.89. The fraction of sp³-hybridized carbons (Fsp3) is 0.0556. The quantitative estimate of drug-likeness (QED) is 0.593. The van der Waals surface area contributed by atoms with Crippen molar-refractivity contribution in [3.8, 4) is 0 Å². The molecule has 2 aromatic heterocycles. The Morgan fingerprint density at radius 2 is 1.95 bits per heavy atom. The van der Waals surface area contributed by atoms with E-state index in [2.05, 4.69) is 10.3 Å². The zero-order valence-electron chi connectivity index (χ0n) is 11.9. The number of nitrogens with zero attached hydrogens (tertiary/aromatic N) is 1. The van der Waals surface area contributed by atoms with Gasteiger partial charge in [0.25, 0.3) is 0 Å². The number of carbonyl (C=O) groups is 1. The highest BCUT2D eigenvalue weighted by Gasteiger charge is 2.07. The number of para-hydroxylation sites is 1. The number of aromatic nitrogens is 2. The van der Waals surface area contributed by atoms with Gasteiger partial charge in [-0.25, -0.2) is 0 Å². The van der Waals surface area contributed by atoms with E-state index in [1.165, 1.54) is 0 Å². The topological polar surface area (TPSA) is 49.8 Å². The predicted octanol–water partition coefficient (Wildman–Crippen LogP) is 3.76. The molecule has 0 saturated heterocycles. The van der Waals surface area contributed by atoms with Crippen molar-refractivity contribution in [2.24, 2.45) is 0 Å². The van der Waals surface area contributed by atoms with E-state index >= 15 is 0 Å². The minimum absolute atomic E-state index is 0.0349. The molecule has 0 bridgehead atoms. The second kappa shape index (κ2) is 5.07. The summed E-state index contributed by atoms with van der Waals surface area (Å²) in [6.07, 6.45) is 3.83. The maximum atomic E-state index is 12.3. The van der Waals surface area contributed by atoms with E-state index in [1.54, 1.807) is 0 Å². The Balaban J connectivity index is 1.54. The summed E-state index contributed by atoms with van der Waals surface area (Å²) in [4.78, 5) is 15.4. The highest BCUT2D eigenvalue weighted by atomic mass is 16.1. The van der Waals surface area contributed by atoms with Gasteiger partial charge in [-0.05, 0) is 41.1 Å². The first-order chi connectivity index (χ1) is 10.8. The van der Waals surface area contributed by atoms with Crippen molar-refractivity contribution in [2.75, 3.05) is 5.32 Å². The molecule has 2 aromatic carbocycles. The fourth-order valence-electron chi connectivity index (χ4n) is 2.76. The van der Waals surface area contributed by atoms with Crippen molar-refractivity contribution in [3.63, 3.8) is 0 Å². The molecule has 0 aliphatic carbocycles. The second-order valence-corrected chi connectivity index (χ2v) is 5.33. The predicted molar refractivity (Wildman–Crippen MR) is 88.9 cm³/mol. The van der Waals surface area contributed by atoms with Crippen LogP contribution in [-0.2, 0) is 11.3 Å². The van der Waals surface area contributed by atoms with Crippen molar-refractivity contribution in [3.05, 3.63) is 67.0 Å². The smallest absolute Gasteiger partial charge is 0.244 e. The van der Waals surface area contributed by atoms with Crippen LogP contribution in [0.15, 0.2) is 67.0 Å². The Kier molecular flexibility index (Phi) is 2.93. The van der Waals surface area contributed by atoms with Crippen LogP contribution in [0.2, 0.25) is 0 Å². The first-order valence-corrected chi connectivity index (χ1v) is 7.20. The summed E-state index contributed by atoms with van der Waals surface area (Å²) in [7, 11) is 0. The molecule has 0 unspecified atom stereocenters. The average Bonchev–Trinajstić information content (AvgIpc) is 3.14. The van der Waals surface area contributed by atoms with Crippen LogP contribution in [0.5, 0.6) is 0 Å². The van der Waals surface area contributed by atoms with Crippen molar-refractivity contribution in [1.82, 2.24) is 9.55 Å². The number of aromatic amines is 1. The standard InChI is InChI=1S/C18H15N3O/c22-18(12-21-10-8-14-3-1-2-4-17(14)21)20-15-6-5-13-7-9-19-16(13)11-15/h1-11,19H,12H2,(H,20,22). The number of benzene rings is 2. The van der Waals surface area contributed by atoms with Crippen molar-refractivity contribution in [1.29, 1.82) is 0 Å². The Hall–Kier alpha value is -3.01. The lowest BCUT2D eigenvalue weighted by molar-refractivity contribution is -0.116. The third-order valence-corrected chi connectivity index (χ3v) is 3.83. The lowest BCUT2D eigenvalue weighted by Crippen LogP contribution is -2.18. The van der Waals surface area contributed by atoms with Gasteiger partial charge in [0.2, 0.25) is 5.91 Å². The minimum atomic E-state index is -0.0349. The maximum absolute atomic E-state index is 12.3. The Morgan fingerprint density at radius 3 is 2.91 bits per heavy atom. The summed E-state index contributed by atoms with van der Waals surface area (Å²) in [6.45, 7) is 0.302. The number of hydrogen-bond acceptors (Lipinski definition) is 1. The minimum Gasteiger partial charge on any atom is -0.361 e. The zero-order chi connectivity index (χ0) is 14.9. The second-order valence-electron chi connectivity index (χ2n) is 5.33. The maximum Gasteiger partial charge on any atom is 0.244 e. The molecular formula is C18H15N3O. The van der Waals surface area contributed by atoms with Gasteiger partial charge in [-0.15, -0.1) is 0 Å². The fourth-order valence-corrected chi connectivity index (χ4v) is 2.76. The third-order valence-electron chi connectivity index (χ3n) is 3.83. The summed E-state index contributed by atoms with van der Waals surface area (Å²) in [6, 6.07) is 17.9. The highest BCUT2D eigenvalue weighted by Crippen LogP contribution is 2.18. The summed E-state index contributed by atoms with van der Waals surface area (Å²) in [5, 5.41) is 5.22. The number of carbonyl (C=O) groups excluding carboxylic acids is 1. The Bertz CT molecular complexity index is 964. The van der Waals surface area contributed by atoms with Crippen LogP contribution in [0.1, 0.15) is 0 Å². The lowest BCUT2D eigenvalue weighted by atomic mass is 10.2. The van der Waals surface area contributed by atoms with Crippen LogP contribution in [0.4, 0.5) is 5.69 Å². The van der Waals surface area contributed by atoms with Crippen LogP contribution < -0.4 is 5.32 Å². The van der Waals surface area contributed by atoms with Crippen molar-refractivity contribution < 1.29 is 4.79 Å². The van der Waals surface area contributed by atoms with Gasteiger partial charge in [0.05, 0.1) is 0 Å². The van der Waals surface area contributed by atoms with Gasteiger partial charge in [0, 0.05) is 29.1 Å². The summed E-state index contributed by atoms with van der Waals surface area (Å²) < 4.78 is 1.96. The number of hydrogen-bond donors (Lipinski definition) is 2. The molecule has 2 heterocycles. The van der Waals surface area contributed by atoms with E-state index in [4.69, 9.17) is 0 Å². The molecular weight excluding hydrogens is 274 g/mol. The zero-order valence-corrected chi connectivity index (χ0v) is 11.9. The molecule has 0 aliphatic rings.